The quantitative estimate of drug-likeness (QED) is 0.327. The molecule has 2 aliphatic carbocycles. The number of esters is 1. The zero-order chi connectivity index (χ0) is 27.5. The number of amides is 1. The van der Waals surface area contributed by atoms with Crippen molar-refractivity contribution >= 4 is 17.6 Å². The van der Waals surface area contributed by atoms with Crippen LogP contribution in [0.25, 0.3) is 0 Å². The number of hydrogen-bond donors (Lipinski definition) is 0. The van der Waals surface area contributed by atoms with Gasteiger partial charge in [0.25, 0.3) is 0 Å². The number of halogens is 1. The van der Waals surface area contributed by atoms with Crippen LogP contribution in [0.4, 0.5) is 10.1 Å². The van der Waals surface area contributed by atoms with Gasteiger partial charge >= 0.3 is 5.97 Å². The summed E-state index contributed by atoms with van der Waals surface area (Å²) < 4.78 is 26.7. The average Bonchev–Trinajstić information content (AvgIpc) is 3.66. The maximum absolute atomic E-state index is 15.6. The van der Waals surface area contributed by atoms with Crippen LogP contribution in [-0.2, 0) is 16.1 Å². The Morgan fingerprint density at radius 2 is 1.79 bits per heavy atom. The monoisotopic (exact) mass is 535 g/mol. The van der Waals surface area contributed by atoms with E-state index >= 15 is 4.39 Å². The third-order valence-electron chi connectivity index (χ3n) is 7.37. The van der Waals surface area contributed by atoms with Crippen molar-refractivity contribution in [1.82, 2.24) is 20.0 Å². The molecular formula is C29H34FN5O4. The van der Waals surface area contributed by atoms with Gasteiger partial charge < -0.3 is 14.4 Å². The maximum Gasteiger partial charge on any atom is 0.340 e. The van der Waals surface area contributed by atoms with Crippen LogP contribution in [0.3, 0.4) is 0 Å². The molecule has 0 saturated heterocycles. The highest BCUT2D eigenvalue weighted by atomic mass is 19.1. The third kappa shape index (κ3) is 5.94. The molecular weight excluding hydrogens is 501 g/mol. The smallest absolute Gasteiger partial charge is 0.340 e. The standard InChI is InChI=1S/C29H34FN5O4/c1-18(2)35(28(36)21-7-5-4-6-8-21)25-15-24(30)26(14-23(25)29(37)38-3)39-27-22(20-9-10-20)13-19(16-31-27)17-34-32-11-12-33-34/h11-16,18,20-21H,4-10,17H2,1-3H3. The predicted octanol–water partition coefficient (Wildman–Crippen LogP) is 5.64. The normalized spacial score (nSPS) is 15.8. The summed E-state index contributed by atoms with van der Waals surface area (Å²) in [6, 6.07) is 4.23. The molecule has 2 heterocycles. The summed E-state index contributed by atoms with van der Waals surface area (Å²) in [5.41, 5.74) is 2.04. The third-order valence-corrected chi connectivity index (χ3v) is 7.37. The molecule has 2 saturated carbocycles. The van der Waals surface area contributed by atoms with Crippen molar-refractivity contribution in [3.05, 3.63) is 59.3 Å². The average molecular weight is 536 g/mol. The summed E-state index contributed by atoms with van der Waals surface area (Å²) in [5.74, 6) is -1.19. The Hall–Kier alpha value is -3.82. The number of methoxy groups -OCH3 is 1. The highest BCUT2D eigenvalue weighted by Crippen LogP contribution is 2.45. The van der Waals surface area contributed by atoms with Gasteiger partial charge in [0, 0.05) is 35.9 Å². The Bertz CT molecular complexity index is 1330. The second-order valence-corrected chi connectivity index (χ2v) is 10.6. The Morgan fingerprint density at radius 3 is 2.44 bits per heavy atom. The Morgan fingerprint density at radius 1 is 1.08 bits per heavy atom. The van der Waals surface area contributed by atoms with Crippen molar-refractivity contribution in [3.63, 3.8) is 0 Å². The van der Waals surface area contributed by atoms with Crippen LogP contribution in [-0.4, -0.2) is 45.0 Å². The number of carbonyl (C=O) groups is 2. The number of benzene rings is 1. The van der Waals surface area contributed by atoms with Gasteiger partial charge in [-0.3, -0.25) is 4.79 Å². The van der Waals surface area contributed by atoms with Crippen molar-refractivity contribution in [2.45, 2.75) is 77.3 Å². The minimum atomic E-state index is -0.687. The molecule has 0 atom stereocenters. The van der Waals surface area contributed by atoms with E-state index in [2.05, 4.69) is 15.2 Å². The topological polar surface area (TPSA) is 99.4 Å². The van der Waals surface area contributed by atoms with Gasteiger partial charge in [-0.2, -0.15) is 15.0 Å². The second-order valence-electron chi connectivity index (χ2n) is 10.6. The number of carbonyl (C=O) groups excluding carboxylic acids is 2. The van der Waals surface area contributed by atoms with Gasteiger partial charge in [-0.25, -0.2) is 14.2 Å². The SMILES string of the molecule is COC(=O)c1cc(Oc2ncc(Cn3nccn3)cc2C2CC2)c(F)cc1N(C(=O)C1CCCCC1)C(C)C. The lowest BCUT2D eigenvalue weighted by Crippen LogP contribution is -2.42. The van der Waals surface area contributed by atoms with Crippen LogP contribution in [0.5, 0.6) is 11.6 Å². The molecule has 0 spiro atoms. The molecule has 0 aliphatic heterocycles. The summed E-state index contributed by atoms with van der Waals surface area (Å²) in [7, 11) is 1.26. The number of rotatable bonds is 9. The van der Waals surface area contributed by atoms with E-state index in [1.807, 2.05) is 19.9 Å². The van der Waals surface area contributed by atoms with E-state index in [9.17, 15) is 9.59 Å². The number of nitrogens with zero attached hydrogens (tertiary/aromatic N) is 5. The molecule has 1 amide bonds. The summed E-state index contributed by atoms with van der Waals surface area (Å²) in [6.07, 6.45) is 11.5. The van der Waals surface area contributed by atoms with Crippen LogP contribution in [0.2, 0.25) is 0 Å². The van der Waals surface area contributed by atoms with E-state index < -0.39 is 11.8 Å². The number of anilines is 1. The van der Waals surface area contributed by atoms with E-state index in [4.69, 9.17) is 9.47 Å². The van der Waals surface area contributed by atoms with E-state index in [0.29, 0.717) is 6.54 Å². The first-order valence-corrected chi connectivity index (χ1v) is 13.6. The Labute approximate surface area is 227 Å². The lowest BCUT2D eigenvalue weighted by Gasteiger charge is -2.33. The van der Waals surface area contributed by atoms with E-state index in [0.717, 1.165) is 56.1 Å². The highest BCUT2D eigenvalue weighted by Gasteiger charge is 2.33. The van der Waals surface area contributed by atoms with Crippen LogP contribution >= 0.6 is 0 Å². The molecule has 206 valence electrons. The number of pyridine rings is 1. The van der Waals surface area contributed by atoms with Gasteiger partial charge in [-0.15, -0.1) is 0 Å². The van der Waals surface area contributed by atoms with Crippen LogP contribution in [0, 0.1) is 11.7 Å². The molecule has 39 heavy (non-hydrogen) atoms. The van der Waals surface area contributed by atoms with Gasteiger partial charge in [0.1, 0.15) is 0 Å². The van der Waals surface area contributed by atoms with Gasteiger partial charge in [0.15, 0.2) is 11.6 Å². The van der Waals surface area contributed by atoms with Crippen LogP contribution in [0.1, 0.15) is 86.2 Å². The van der Waals surface area contributed by atoms with Crippen molar-refractivity contribution in [3.8, 4) is 11.6 Å². The molecule has 2 aliphatic rings. The maximum atomic E-state index is 15.6. The van der Waals surface area contributed by atoms with Crippen molar-refractivity contribution in [1.29, 1.82) is 0 Å². The first-order valence-electron chi connectivity index (χ1n) is 13.6. The highest BCUT2D eigenvalue weighted by molar-refractivity contribution is 6.04. The first-order chi connectivity index (χ1) is 18.9. The van der Waals surface area contributed by atoms with Crippen molar-refractivity contribution in [2.75, 3.05) is 12.0 Å². The van der Waals surface area contributed by atoms with E-state index in [1.165, 1.54) is 24.1 Å². The fourth-order valence-electron chi connectivity index (χ4n) is 5.26. The fourth-order valence-corrected chi connectivity index (χ4v) is 5.26. The Balaban J connectivity index is 1.48. The van der Waals surface area contributed by atoms with Crippen LogP contribution < -0.4 is 9.64 Å². The van der Waals surface area contributed by atoms with E-state index in [-0.39, 0.29) is 46.7 Å². The largest absolute Gasteiger partial charge is 0.465 e. The van der Waals surface area contributed by atoms with Gasteiger partial charge in [0.05, 0.1) is 37.3 Å². The molecule has 10 heteroatoms. The molecule has 9 nitrogen and oxygen atoms in total. The summed E-state index contributed by atoms with van der Waals surface area (Å²) in [4.78, 5) is 34.0. The predicted molar refractivity (Wildman–Crippen MR) is 142 cm³/mol. The number of hydrogen-bond acceptors (Lipinski definition) is 7. The molecule has 0 N–H and O–H groups in total. The summed E-state index contributed by atoms with van der Waals surface area (Å²) in [6.45, 7) is 4.17. The zero-order valence-corrected chi connectivity index (χ0v) is 22.6. The molecule has 3 aromatic rings. The van der Waals surface area contributed by atoms with Gasteiger partial charge in [0.2, 0.25) is 11.8 Å². The van der Waals surface area contributed by atoms with Gasteiger partial charge in [-0.1, -0.05) is 19.3 Å². The lowest BCUT2D eigenvalue weighted by atomic mass is 9.87. The minimum absolute atomic E-state index is 0.0705. The number of aromatic nitrogens is 4. The second kappa shape index (κ2) is 11.5. The Kier molecular flexibility index (Phi) is 7.90. The summed E-state index contributed by atoms with van der Waals surface area (Å²) in [5, 5.41) is 8.28. The molecule has 1 aromatic carbocycles. The molecule has 0 bridgehead atoms. The zero-order valence-electron chi connectivity index (χ0n) is 22.6. The number of ether oxygens (including phenoxy) is 2. The summed E-state index contributed by atoms with van der Waals surface area (Å²) >= 11 is 0. The van der Waals surface area contributed by atoms with Crippen molar-refractivity contribution in [2.24, 2.45) is 5.92 Å². The van der Waals surface area contributed by atoms with Crippen molar-refractivity contribution < 1.29 is 23.5 Å². The molecule has 5 rings (SSSR count). The molecule has 0 radical (unpaired) electrons. The van der Waals surface area contributed by atoms with E-state index in [1.54, 1.807) is 23.4 Å². The molecule has 2 aromatic heterocycles. The molecule has 2 fully saturated rings. The fraction of sp³-hybridized carbons (Fsp3) is 0.483. The minimum Gasteiger partial charge on any atom is -0.465 e. The lowest BCUT2D eigenvalue weighted by molar-refractivity contribution is -0.123. The first kappa shape index (κ1) is 26.8. The molecule has 0 unspecified atom stereocenters. The van der Waals surface area contributed by atoms with Crippen LogP contribution in [0.15, 0.2) is 36.8 Å². The van der Waals surface area contributed by atoms with Gasteiger partial charge in [-0.05, 0) is 57.1 Å².